The number of nitrogens with one attached hydrogen (secondary N) is 1. The van der Waals surface area contributed by atoms with Crippen LogP contribution in [0.1, 0.15) is 32.6 Å². The van der Waals surface area contributed by atoms with Crippen LogP contribution in [0.4, 0.5) is 5.69 Å². The smallest absolute Gasteiger partial charge is 0.194 e. The summed E-state index contributed by atoms with van der Waals surface area (Å²) in [5, 5.41) is 13.6. The van der Waals surface area contributed by atoms with E-state index in [4.69, 9.17) is 4.99 Å². The van der Waals surface area contributed by atoms with Gasteiger partial charge in [-0.05, 0) is 56.1 Å². The van der Waals surface area contributed by atoms with Crippen molar-refractivity contribution >= 4 is 35.6 Å². The third-order valence-electron chi connectivity index (χ3n) is 6.02. The zero-order valence-corrected chi connectivity index (χ0v) is 18.0. The molecular formula is C20H31IN4O. The fourth-order valence-corrected chi connectivity index (χ4v) is 4.10. The average Bonchev–Trinajstić information content (AvgIpc) is 3.53. The van der Waals surface area contributed by atoms with E-state index in [1.54, 1.807) is 6.07 Å². The van der Waals surface area contributed by atoms with Crippen LogP contribution in [0.15, 0.2) is 29.3 Å². The van der Waals surface area contributed by atoms with E-state index in [9.17, 15) is 5.11 Å². The molecule has 0 spiro atoms. The lowest BCUT2D eigenvalue weighted by Gasteiger charge is -2.38. The quantitative estimate of drug-likeness (QED) is 0.394. The molecule has 5 nitrogen and oxygen atoms in total. The van der Waals surface area contributed by atoms with Crippen molar-refractivity contribution in [3.05, 3.63) is 24.3 Å². The van der Waals surface area contributed by atoms with Crippen molar-refractivity contribution in [3.63, 3.8) is 0 Å². The fraction of sp³-hybridized carbons (Fsp3) is 0.650. The van der Waals surface area contributed by atoms with Gasteiger partial charge in [-0.1, -0.05) is 12.1 Å². The lowest BCUT2D eigenvalue weighted by atomic mass is 10.0. The van der Waals surface area contributed by atoms with Crippen LogP contribution in [0.3, 0.4) is 0 Å². The zero-order chi connectivity index (χ0) is 17.3. The second-order valence-corrected chi connectivity index (χ2v) is 7.77. The van der Waals surface area contributed by atoms with Crippen molar-refractivity contribution in [2.75, 3.05) is 44.2 Å². The highest BCUT2D eigenvalue weighted by atomic mass is 127. The van der Waals surface area contributed by atoms with E-state index in [1.807, 2.05) is 18.2 Å². The first-order chi connectivity index (χ1) is 12.2. The van der Waals surface area contributed by atoms with Gasteiger partial charge in [-0.15, -0.1) is 24.0 Å². The number of nitrogens with zero attached hydrogens (tertiary/aromatic N) is 3. The van der Waals surface area contributed by atoms with Gasteiger partial charge in [0.05, 0.1) is 5.69 Å². The molecular weight excluding hydrogens is 439 g/mol. The van der Waals surface area contributed by atoms with Crippen LogP contribution in [0, 0.1) is 11.3 Å². The Morgan fingerprint density at radius 1 is 1.19 bits per heavy atom. The van der Waals surface area contributed by atoms with E-state index in [-0.39, 0.29) is 24.0 Å². The van der Waals surface area contributed by atoms with E-state index in [0.29, 0.717) is 11.2 Å². The van der Waals surface area contributed by atoms with Crippen LogP contribution in [0.2, 0.25) is 0 Å². The van der Waals surface area contributed by atoms with Crippen LogP contribution in [0.5, 0.6) is 5.75 Å². The summed E-state index contributed by atoms with van der Waals surface area (Å²) in [5.41, 5.74) is 1.49. The lowest BCUT2D eigenvalue weighted by molar-refractivity contribution is 0.365. The highest BCUT2D eigenvalue weighted by molar-refractivity contribution is 14.0. The first kappa shape index (κ1) is 19.6. The monoisotopic (exact) mass is 470 g/mol. The van der Waals surface area contributed by atoms with Crippen molar-refractivity contribution in [1.29, 1.82) is 0 Å². The second-order valence-electron chi connectivity index (χ2n) is 7.77. The third-order valence-corrected chi connectivity index (χ3v) is 6.02. The maximum Gasteiger partial charge on any atom is 0.194 e. The molecule has 6 heteroatoms. The molecule has 1 aliphatic heterocycles. The minimum absolute atomic E-state index is 0. The van der Waals surface area contributed by atoms with Gasteiger partial charge < -0.3 is 20.2 Å². The van der Waals surface area contributed by atoms with Gasteiger partial charge in [0.25, 0.3) is 0 Å². The Hall–Kier alpha value is -1.18. The number of halogens is 1. The number of hydrogen-bond acceptors (Lipinski definition) is 3. The molecule has 4 rings (SSSR count). The third kappa shape index (κ3) is 4.21. The number of phenolic OH excluding ortho intramolecular Hbond substituents is 1. The molecule has 1 aromatic rings. The number of benzene rings is 1. The molecule has 26 heavy (non-hydrogen) atoms. The Balaban J connectivity index is 0.00000196. The summed E-state index contributed by atoms with van der Waals surface area (Å²) in [6.07, 6.45) is 5.60. The van der Waals surface area contributed by atoms with Gasteiger partial charge in [-0.25, -0.2) is 0 Å². The number of anilines is 1. The molecule has 2 saturated carbocycles. The van der Waals surface area contributed by atoms with Crippen molar-refractivity contribution in [3.8, 4) is 5.75 Å². The van der Waals surface area contributed by atoms with E-state index >= 15 is 0 Å². The number of guanidine groups is 1. The largest absolute Gasteiger partial charge is 0.506 e. The molecule has 144 valence electrons. The number of hydrogen-bond donors (Lipinski definition) is 2. The van der Waals surface area contributed by atoms with Crippen LogP contribution < -0.4 is 10.2 Å². The molecule has 2 aliphatic carbocycles. The van der Waals surface area contributed by atoms with Crippen LogP contribution in [0.25, 0.3) is 0 Å². The summed E-state index contributed by atoms with van der Waals surface area (Å²) in [6, 6.07) is 7.62. The summed E-state index contributed by atoms with van der Waals surface area (Å²) in [5.74, 6) is 2.40. The molecule has 3 fully saturated rings. The van der Waals surface area contributed by atoms with Crippen molar-refractivity contribution in [1.82, 2.24) is 10.2 Å². The maximum absolute atomic E-state index is 10.1. The van der Waals surface area contributed by atoms with E-state index in [0.717, 1.165) is 56.8 Å². The summed E-state index contributed by atoms with van der Waals surface area (Å²) >= 11 is 0. The zero-order valence-electron chi connectivity index (χ0n) is 15.7. The summed E-state index contributed by atoms with van der Waals surface area (Å²) in [4.78, 5) is 9.66. The molecule has 0 radical (unpaired) electrons. The van der Waals surface area contributed by atoms with Gasteiger partial charge in [-0.2, -0.15) is 0 Å². The fourth-order valence-electron chi connectivity index (χ4n) is 4.10. The van der Waals surface area contributed by atoms with Gasteiger partial charge in [0.1, 0.15) is 5.75 Å². The van der Waals surface area contributed by atoms with Gasteiger partial charge in [0, 0.05) is 39.3 Å². The molecule has 0 bridgehead atoms. The SMILES string of the molecule is CCNC(=NCC1(C2CC2)CC1)N1CCN(c2ccccc2O)CC1.I. The average molecular weight is 470 g/mol. The first-order valence-electron chi connectivity index (χ1n) is 9.78. The molecule has 2 N–H and O–H groups in total. The Kier molecular flexibility index (Phi) is 6.20. The van der Waals surface area contributed by atoms with Gasteiger partial charge in [0.2, 0.25) is 0 Å². The molecule has 1 aromatic carbocycles. The minimum Gasteiger partial charge on any atom is -0.506 e. The Morgan fingerprint density at radius 2 is 1.88 bits per heavy atom. The molecule has 0 amide bonds. The molecule has 1 heterocycles. The molecule has 0 atom stereocenters. The van der Waals surface area contributed by atoms with Crippen molar-refractivity contribution in [2.45, 2.75) is 32.6 Å². The van der Waals surface area contributed by atoms with E-state index in [1.165, 1.54) is 25.7 Å². The van der Waals surface area contributed by atoms with Gasteiger partial charge >= 0.3 is 0 Å². The summed E-state index contributed by atoms with van der Waals surface area (Å²) in [6.45, 7) is 7.76. The Morgan fingerprint density at radius 3 is 2.46 bits per heavy atom. The predicted molar refractivity (Wildman–Crippen MR) is 118 cm³/mol. The topological polar surface area (TPSA) is 51.1 Å². The highest BCUT2D eigenvalue weighted by Crippen LogP contribution is 2.61. The number of aromatic hydroxyl groups is 1. The van der Waals surface area contributed by atoms with E-state index < -0.39 is 0 Å². The van der Waals surface area contributed by atoms with Crippen LogP contribution in [-0.4, -0.2) is 55.2 Å². The van der Waals surface area contributed by atoms with Gasteiger partial charge in [0.15, 0.2) is 5.96 Å². The highest BCUT2D eigenvalue weighted by Gasteiger charge is 2.53. The number of piperazine rings is 1. The molecule has 0 aromatic heterocycles. The lowest BCUT2D eigenvalue weighted by Crippen LogP contribution is -2.52. The number of rotatable bonds is 5. The van der Waals surface area contributed by atoms with Gasteiger partial charge in [-0.3, -0.25) is 4.99 Å². The molecule has 0 unspecified atom stereocenters. The maximum atomic E-state index is 10.1. The summed E-state index contributed by atoms with van der Waals surface area (Å²) < 4.78 is 0. The van der Waals surface area contributed by atoms with E-state index in [2.05, 4.69) is 22.0 Å². The standard InChI is InChI=1S/C20H30N4O.HI/c1-2-21-19(22-15-20(9-10-20)16-7-8-16)24-13-11-23(12-14-24)17-5-3-4-6-18(17)25;/h3-6,16,25H,2,7-15H2,1H3,(H,21,22);1H. The molecule has 3 aliphatic rings. The summed E-state index contributed by atoms with van der Waals surface area (Å²) in [7, 11) is 0. The normalized spacial score (nSPS) is 22.0. The number of para-hydroxylation sites is 2. The second kappa shape index (κ2) is 8.23. The molecule has 1 saturated heterocycles. The number of phenols is 1. The van der Waals surface area contributed by atoms with Crippen LogP contribution in [-0.2, 0) is 0 Å². The predicted octanol–water partition coefficient (Wildman–Crippen LogP) is 3.29. The van der Waals surface area contributed by atoms with Crippen LogP contribution >= 0.6 is 24.0 Å². The van der Waals surface area contributed by atoms with Crippen molar-refractivity contribution < 1.29 is 5.11 Å². The minimum atomic E-state index is 0. The Labute approximate surface area is 173 Å². The Bertz CT molecular complexity index is 634. The van der Waals surface area contributed by atoms with Crippen molar-refractivity contribution in [2.24, 2.45) is 16.3 Å². The first-order valence-corrected chi connectivity index (χ1v) is 9.78. The number of aliphatic imine (C=N–C) groups is 1.